The minimum absolute atomic E-state index is 0.0311. The predicted octanol–water partition coefficient (Wildman–Crippen LogP) is 2.86. The first-order valence-corrected chi connectivity index (χ1v) is 11.8. The van der Waals surface area contributed by atoms with Crippen molar-refractivity contribution in [3.05, 3.63) is 77.4 Å². The van der Waals surface area contributed by atoms with Crippen LogP contribution in [0.15, 0.2) is 60.7 Å². The Morgan fingerprint density at radius 3 is 2.35 bits per heavy atom. The van der Waals surface area contributed by atoms with Gasteiger partial charge < -0.3 is 38.6 Å². The van der Waals surface area contributed by atoms with Crippen LogP contribution in [0.5, 0.6) is 28.7 Å². The Morgan fingerprint density at radius 1 is 0.973 bits per heavy atom. The van der Waals surface area contributed by atoms with Gasteiger partial charge in [0.15, 0.2) is 22.7 Å². The molecule has 3 aliphatic rings. The van der Waals surface area contributed by atoms with Gasteiger partial charge in [0.05, 0.1) is 32.8 Å². The lowest BCUT2D eigenvalue weighted by molar-refractivity contribution is -0.161. The van der Waals surface area contributed by atoms with Crippen LogP contribution in [-0.2, 0) is 20.7 Å². The third kappa shape index (κ3) is 2.89. The van der Waals surface area contributed by atoms with E-state index in [-0.39, 0.29) is 29.6 Å². The van der Waals surface area contributed by atoms with E-state index in [4.69, 9.17) is 28.4 Å². The summed E-state index contributed by atoms with van der Waals surface area (Å²) in [6.45, 7) is -0.0311. The SMILES string of the molecule is COC(=O)[C@H]1[C@@H](O)[C@@]2(O)c3c(cc4c(c3OC)OCO4)O[C@@]2(c2ccc(OC)cc2)[C@@H]1c1ccccc1. The molecule has 0 radical (unpaired) electrons. The highest BCUT2D eigenvalue weighted by Gasteiger charge is 2.78. The van der Waals surface area contributed by atoms with Crippen LogP contribution >= 0.6 is 0 Å². The third-order valence-electron chi connectivity index (χ3n) is 7.72. The van der Waals surface area contributed by atoms with Crippen LogP contribution in [0, 0.1) is 5.92 Å². The molecule has 9 nitrogen and oxygen atoms in total. The smallest absolute Gasteiger partial charge is 0.312 e. The quantitative estimate of drug-likeness (QED) is 0.505. The lowest BCUT2D eigenvalue weighted by atomic mass is 9.70. The van der Waals surface area contributed by atoms with Crippen molar-refractivity contribution in [3.63, 3.8) is 0 Å². The number of ether oxygens (including phenoxy) is 6. The molecule has 1 fully saturated rings. The first kappa shape index (κ1) is 23.4. The molecule has 37 heavy (non-hydrogen) atoms. The van der Waals surface area contributed by atoms with Crippen LogP contribution < -0.4 is 23.7 Å². The number of rotatable bonds is 5. The van der Waals surface area contributed by atoms with Crippen molar-refractivity contribution in [2.45, 2.75) is 23.2 Å². The summed E-state index contributed by atoms with van der Waals surface area (Å²) < 4.78 is 34.2. The zero-order valence-corrected chi connectivity index (χ0v) is 20.5. The minimum Gasteiger partial charge on any atom is -0.497 e. The lowest BCUT2D eigenvalue weighted by Crippen LogP contribution is -2.52. The maximum Gasteiger partial charge on any atom is 0.312 e. The Kier molecular flexibility index (Phi) is 5.25. The summed E-state index contributed by atoms with van der Waals surface area (Å²) in [4.78, 5) is 13.3. The van der Waals surface area contributed by atoms with E-state index in [0.717, 1.165) is 0 Å². The first-order valence-electron chi connectivity index (χ1n) is 11.8. The largest absolute Gasteiger partial charge is 0.497 e. The summed E-state index contributed by atoms with van der Waals surface area (Å²) in [6.07, 6.45) is -1.64. The Morgan fingerprint density at radius 2 is 1.70 bits per heavy atom. The second-order valence-corrected chi connectivity index (χ2v) is 9.23. The van der Waals surface area contributed by atoms with Gasteiger partial charge in [0, 0.05) is 12.0 Å². The molecule has 192 valence electrons. The number of hydrogen-bond donors (Lipinski definition) is 2. The van der Waals surface area contributed by atoms with Gasteiger partial charge in [0.1, 0.15) is 17.6 Å². The van der Waals surface area contributed by atoms with Gasteiger partial charge >= 0.3 is 5.97 Å². The van der Waals surface area contributed by atoms with Gasteiger partial charge in [-0.25, -0.2) is 0 Å². The number of methoxy groups -OCH3 is 3. The van der Waals surface area contributed by atoms with Gasteiger partial charge in [-0.3, -0.25) is 4.79 Å². The van der Waals surface area contributed by atoms with Crippen molar-refractivity contribution in [3.8, 4) is 28.7 Å². The average molecular weight is 507 g/mol. The molecule has 0 bridgehead atoms. The Hall–Kier alpha value is -3.95. The van der Waals surface area contributed by atoms with E-state index in [9.17, 15) is 15.0 Å². The van der Waals surface area contributed by atoms with Gasteiger partial charge in [-0.1, -0.05) is 42.5 Å². The number of esters is 1. The molecule has 2 heterocycles. The second-order valence-electron chi connectivity index (χ2n) is 9.23. The van der Waals surface area contributed by atoms with Crippen molar-refractivity contribution in [1.82, 2.24) is 0 Å². The molecule has 1 saturated carbocycles. The number of aliphatic hydroxyl groups excluding tert-OH is 1. The Labute approximate surface area is 213 Å². The zero-order chi connectivity index (χ0) is 25.9. The molecular formula is C28H26O9. The number of carbonyl (C=O) groups is 1. The topological polar surface area (TPSA) is 113 Å². The highest BCUT2D eigenvalue weighted by molar-refractivity contribution is 5.79. The Bertz CT molecular complexity index is 1360. The van der Waals surface area contributed by atoms with Crippen LogP contribution in [0.2, 0.25) is 0 Å². The standard InChI is InChI=1S/C28H26O9/c1-32-17-11-9-16(10-12-17)28-21(15-7-5-4-6-8-15)20(26(30)34-3)25(29)27(28,31)22-18(37-28)13-19-23(24(22)33-2)36-14-35-19/h4-13,20-21,25,29,31H,14H2,1-3H3/t20-,21-,25-,27+,28+/m1/s1. The van der Waals surface area contributed by atoms with E-state index in [0.29, 0.717) is 22.6 Å². The van der Waals surface area contributed by atoms with Crippen molar-refractivity contribution in [2.75, 3.05) is 28.1 Å². The molecule has 0 unspecified atom stereocenters. The number of benzene rings is 3. The van der Waals surface area contributed by atoms with Crippen LogP contribution in [0.4, 0.5) is 0 Å². The van der Waals surface area contributed by atoms with Crippen molar-refractivity contribution in [2.24, 2.45) is 5.92 Å². The van der Waals surface area contributed by atoms with Crippen LogP contribution in [0.3, 0.4) is 0 Å². The summed E-state index contributed by atoms with van der Waals surface area (Å²) in [5.41, 5.74) is -2.44. The molecule has 0 saturated heterocycles. The summed E-state index contributed by atoms with van der Waals surface area (Å²) in [6, 6.07) is 17.8. The summed E-state index contributed by atoms with van der Waals surface area (Å²) in [5.74, 6) is -1.03. The fraction of sp³-hybridized carbons (Fsp3) is 0.321. The third-order valence-corrected chi connectivity index (χ3v) is 7.72. The highest BCUT2D eigenvalue weighted by Crippen LogP contribution is 2.71. The van der Waals surface area contributed by atoms with Crippen molar-refractivity contribution >= 4 is 5.97 Å². The molecule has 5 atom stereocenters. The average Bonchev–Trinajstić information content (AvgIpc) is 3.56. The van der Waals surface area contributed by atoms with Crippen molar-refractivity contribution < 1.29 is 43.4 Å². The van der Waals surface area contributed by atoms with E-state index < -0.39 is 35.1 Å². The van der Waals surface area contributed by atoms with Gasteiger partial charge in [-0.05, 0) is 23.3 Å². The molecule has 0 aromatic heterocycles. The molecule has 2 N–H and O–H groups in total. The molecule has 0 amide bonds. The highest BCUT2D eigenvalue weighted by atomic mass is 16.7. The summed E-state index contributed by atoms with van der Waals surface area (Å²) in [7, 11) is 4.24. The molecule has 2 aliphatic heterocycles. The molecule has 6 rings (SSSR count). The van der Waals surface area contributed by atoms with Crippen molar-refractivity contribution in [1.29, 1.82) is 0 Å². The first-order chi connectivity index (χ1) is 17.9. The monoisotopic (exact) mass is 506 g/mol. The fourth-order valence-corrected chi connectivity index (χ4v) is 6.23. The van der Waals surface area contributed by atoms with E-state index >= 15 is 0 Å². The number of aliphatic hydroxyl groups is 2. The fourth-order valence-electron chi connectivity index (χ4n) is 6.23. The zero-order valence-electron chi connectivity index (χ0n) is 20.5. The molecule has 1 aliphatic carbocycles. The van der Waals surface area contributed by atoms with E-state index in [1.807, 2.05) is 30.3 Å². The van der Waals surface area contributed by atoms with Crippen LogP contribution in [-0.4, -0.2) is 50.4 Å². The van der Waals surface area contributed by atoms with E-state index in [1.54, 1.807) is 37.4 Å². The maximum atomic E-state index is 13.3. The summed E-state index contributed by atoms with van der Waals surface area (Å²) in [5, 5.41) is 24.7. The maximum absolute atomic E-state index is 13.3. The molecule has 3 aromatic carbocycles. The van der Waals surface area contributed by atoms with Crippen LogP contribution in [0.25, 0.3) is 0 Å². The number of fused-ring (bicyclic) bond motifs is 4. The molecule has 9 heteroatoms. The van der Waals surface area contributed by atoms with Gasteiger partial charge in [0.2, 0.25) is 12.5 Å². The van der Waals surface area contributed by atoms with Gasteiger partial charge in [-0.2, -0.15) is 0 Å². The minimum atomic E-state index is -2.15. The lowest BCUT2D eigenvalue weighted by Gasteiger charge is -2.40. The van der Waals surface area contributed by atoms with Gasteiger partial charge in [-0.15, -0.1) is 0 Å². The number of carbonyl (C=O) groups excluding carboxylic acids is 1. The second kappa shape index (κ2) is 8.29. The Balaban J connectivity index is 1.70. The molecular weight excluding hydrogens is 480 g/mol. The van der Waals surface area contributed by atoms with E-state index in [1.165, 1.54) is 14.2 Å². The number of hydrogen-bond acceptors (Lipinski definition) is 9. The van der Waals surface area contributed by atoms with Gasteiger partial charge in [0.25, 0.3) is 0 Å². The van der Waals surface area contributed by atoms with E-state index in [2.05, 4.69) is 0 Å². The molecule has 0 spiro atoms. The molecule has 3 aromatic rings. The normalized spacial score (nSPS) is 28.7. The summed E-state index contributed by atoms with van der Waals surface area (Å²) >= 11 is 0. The predicted molar refractivity (Wildman–Crippen MR) is 129 cm³/mol. The van der Waals surface area contributed by atoms with Crippen LogP contribution in [0.1, 0.15) is 22.6 Å².